The Labute approximate surface area is 182 Å². The summed E-state index contributed by atoms with van der Waals surface area (Å²) in [5, 5.41) is 2.65. The molecular formula is C20H20FN5O5S. The number of sulfonamides is 1. The summed E-state index contributed by atoms with van der Waals surface area (Å²) in [5.74, 6) is -1.64. The number of aromatic nitrogens is 3. The third-order valence-electron chi connectivity index (χ3n) is 5.43. The molecule has 3 heterocycles. The number of carbonyl (C=O) groups is 1. The standard InChI is InChI=1S/C20H20FN5O5S/c1-24-17-14(19(28)25(2)20(24)29)10-13(11-22-17)23-18(27)12-5-6-15(21)16(9-12)32(30,31)26-7-3-4-8-26/h5-6,9-11H,3-4,7-8H2,1-2H3,(H,23,27). The fraction of sp³-hybridized carbons (Fsp3) is 0.300. The van der Waals surface area contributed by atoms with Crippen molar-refractivity contribution in [1.82, 2.24) is 18.4 Å². The maximum Gasteiger partial charge on any atom is 0.332 e. The van der Waals surface area contributed by atoms with E-state index in [4.69, 9.17) is 0 Å². The minimum atomic E-state index is -4.06. The highest BCUT2D eigenvalue weighted by atomic mass is 32.2. The van der Waals surface area contributed by atoms with Crippen LogP contribution in [0.2, 0.25) is 0 Å². The van der Waals surface area contributed by atoms with Crippen LogP contribution in [0.5, 0.6) is 0 Å². The molecule has 0 bridgehead atoms. The molecule has 1 aliphatic rings. The van der Waals surface area contributed by atoms with Gasteiger partial charge in [-0.15, -0.1) is 0 Å². The second kappa shape index (κ2) is 7.95. The largest absolute Gasteiger partial charge is 0.332 e. The third-order valence-corrected chi connectivity index (χ3v) is 7.34. The van der Waals surface area contributed by atoms with E-state index in [9.17, 15) is 27.2 Å². The lowest BCUT2D eigenvalue weighted by molar-refractivity contribution is 0.102. The van der Waals surface area contributed by atoms with Crippen LogP contribution in [-0.4, -0.2) is 45.8 Å². The fourth-order valence-electron chi connectivity index (χ4n) is 3.65. The number of nitrogens with one attached hydrogen (secondary N) is 1. The van der Waals surface area contributed by atoms with E-state index >= 15 is 0 Å². The van der Waals surface area contributed by atoms with Gasteiger partial charge in [0.25, 0.3) is 11.5 Å². The van der Waals surface area contributed by atoms with Crippen molar-refractivity contribution in [2.24, 2.45) is 14.1 Å². The van der Waals surface area contributed by atoms with Crippen molar-refractivity contribution in [2.75, 3.05) is 18.4 Å². The molecule has 1 saturated heterocycles. The molecule has 2 aromatic heterocycles. The topological polar surface area (TPSA) is 123 Å². The molecule has 0 radical (unpaired) electrons. The summed E-state index contributed by atoms with van der Waals surface area (Å²) < 4.78 is 43.1. The van der Waals surface area contributed by atoms with Crippen LogP contribution in [0.15, 0.2) is 44.9 Å². The quantitative estimate of drug-likeness (QED) is 0.613. The SMILES string of the molecule is Cn1c(=O)c2cc(NC(=O)c3ccc(F)c(S(=O)(=O)N4CCCC4)c3)cnc2n(C)c1=O. The zero-order chi connectivity index (χ0) is 23.2. The summed E-state index contributed by atoms with van der Waals surface area (Å²) in [6.45, 7) is 0.608. The van der Waals surface area contributed by atoms with Crippen LogP contribution in [0.3, 0.4) is 0 Å². The Kier molecular flexibility index (Phi) is 5.42. The van der Waals surface area contributed by atoms with Gasteiger partial charge in [0.15, 0.2) is 0 Å². The maximum atomic E-state index is 14.3. The van der Waals surface area contributed by atoms with Gasteiger partial charge in [-0.1, -0.05) is 0 Å². The maximum absolute atomic E-state index is 14.3. The number of carbonyl (C=O) groups excluding carboxylic acids is 1. The lowest BCUT2D eigenvalue weighted by atomic mass is 10.2. The first-order chi connectivity index (χ1) is 15.1. The van der Waals surface area contributed by atoms with E-state index in [-0.39, 0.29) is 22.3 Å². The average Bonchev–Trinajstić information content (AvgIpc) is 3.32. The monoisotopic (exact) mass is 461 g/mol. The van der Waals surface area contributed by atoms with Crippen LogP contribution in [0, 0.1) is 5.82 Å². The number of rotatable bonds is 4. The van der Waals surface area contributed by atoms with Crippen molar-refractivity contribution < 1.29 is 17.6 Å². The predicted octanol–water partition coefficient (Wildman–Crippen LogP) is 0.808. The Morgan fingerprint density at radius 1 is 1.09 bits per heavy atom. The van der Waals surface area contributed by atoms with Crippen LogP contribution in [0.25, 0.3) is 11.0 Å². The highest BCUT2D eigenvalue weighted by molar-refractivity contribution is 7.89. The number of aryl methyl sites for hydroxylation is 1. The van der Waals surface area contributed by atoms with E-state index in [0.29, 0.717) is 25.9 Å². The van der Waals surface area contributed by atoms with Crippen LogP contribution < -0.4 is 16.6 Å². The second-order valence-corrected chi connectivity index (χ2v) is 9.42. The van der Waals surface area contributed by atoms with Gasteiger partial charge in [0.2, 0.25) is 10.0 Å². The summed E-state index contributed by atoms with van der Waals surface area (Å²) in [5.41, 5.74) is -0.877. The Bertz CT molecular complexity index is 1470. The molecule has 10 nitrogen and oxygen atoms in total. The minimum absolute atomic E-state index is 0.0716. The highest BCUT2D eigenvalue weighted by Gasteiger charge is 2.30. The molecule has 1 N–H and O–H groups in total. The lowest BCUT2D eigenvalue weighted by Crippen LogP contribution is -2.37. The van der Waals surface area contributed by atoms with E-state index in [1.165, 1.54) is 41.3 Å². The Balaban J connectivity index is 1.68. The van der Waals surface area contributed by atoms with Gasteiger partial charge in [-0.3, -0.25) is 18.7 Å². The normalized spacial score (nSPS) is 14.7. The van der Waals surface area contributed by atoms with E-state index in [0.717, 1.165) is 16.7 Å². The molecule has 0 saturated carbocycles. The summed E-state index contributed by atoms with van der Waals surface area (Å²) >= 11 is 0. The smallest absolute Gasteiger partial charge is 0.321 e. The number of nitrogens with zero attached hydrogens (tertiary/aromatic N) is 4. The van der Waals surface area contributed by atoms with Crippen LogP contribution in [0.1, 0.15) is 23.2 Å². The van der Waals surface area contributed by atoms with E-state index in [2.05, 4.69) is 10.3 Å². The summed E-state index contributed by atoms with van der Waals surface area (Å²) in [4.78, 5) is 40.7. The summed E-state index contributed by atoms with van der Waals surface area (Å²) in [6, 6.07) is 4.47. The molecule has 1 aliphatic heterocycles. The molecule has 0 unspecified atom stereocenters. The van der Waals surface area contributed by atoms with Crippen molar-refractivity contribution >= 4 is 32.7 Å². The van der Waals surface area contributed by atoms with Gasteiger partial charge in [0.05, 0.1) is 17.3 Å². The van der Waals surface area contributed by atoms with Crippen LogP contribution in [0.4, 0.5) is 10.1 Å². The number of fused-ring (bicyclic) bond motifs is 1. The van der Waals surface area contributed by atoms with Crippen molar-refractivity contribution in [3.05, 3.63) is 62.7 Å². The van der Waals surface area contributed by atoms with Gasteiger partial charge in [-0.05, 0) is 37.1 Å². The summed E-state index contributed by atoms with van der Waals surface area (Å²) in [7, 11) is -1.26. The second-order valence-electron chi connectivity index (χ2n) is 7.51. The van der Waals surface area contributed by atoms with Crippen molar-refractivity contribution in [3.8, 4) is 0 Å². The summed E-state index contributed by atoms with van der Waals surface area (Å²) in [6.07, 6.45) is 2.66. The number of pyridine rings is 1. The molecular weight excluding hydrogens is 441 g/mol. The molecule has 3 aromatic rings. The lowest BCUT2D eigenvalue weighted by Gasteiger charge is -2.16. The Morgan fingerprint density at radius 2 is 1.78 bits per heavy atom. The molecule has 4 rings (SSSR count). The number of halogens is 1. The highest BCUT2D eigenvalue weighted by Crippen LogP contribution is 2.24. The van der Waals surface area contributed by atoms with E-state index < -0.39 is 37.9 Å². The van der Waals surface area contributed by atoms with Gasteiger partial charge in [0, 0.05) is 32.7 Å². The van der Waals surface area contributed by atoms with Crippen molar-refractivity contribution in [2.45, 2.75) is 17.7 Å². The van der Waals surface area contributed by atoms with Gasteiger partial charge >= 0.3 is 5.69 Å². The number of anilines is 1. The molecule has 1 fully saturated rings. The molecule has 0 aliphatic carbocycles. The van der Waals surface area contributed by atoms with Gasteiger partial charge < -0.3 is 5.32 Å². The molecule has 1 amide bonds. The molecule has 32 heavy (non-hydrogen) atoms. The average molecular weight is 461 g/mol. The first-order valence-corrected chi connectivity index (χ1v) is 11.2. The zero-order valence-corrected chi connectivity index (χ0v) is 18.1. The minimum Gasteiger partial charge on any atom is -0.321 e. The first-order valence-electron chi connectivity index (χ1n) is 9.78. The third kappa shape index (κ3) is 3.60. The van der Waals surface area contributed by atoms with Crippen LogP contribution in [-0.2, 0) is 24.1 Å². The first kappa shape index (κ1) is 21.8. The number of hydrogen-bond acceptors (Lipinski definition) is 6. The predicted molar refractivity (Wildman–Crippen MR) is 115 cm³/mol. The van der Waals surface area contributed by atoms with E-state index in [1.807, 2.05) is 0 Å². The molecule has 1 aromatic carbocycles. The Hall–Kier alpha value is -3.38. The van der Waals surface area contributed by atoms with Crippen molar-refractivity contribution in [3.63, 3.8) is 0 Å². The molecule has 0 spiro atoms. The number of amides is 1. The molecule has 0 atom stereocenters. The molecule has 168 valence electrons. The van der Waals surface area contributed by atoms with Crippen molar-refractivity contribution in [1.29, 1.82) is 0 Å². The van der Waals surface area contributed by atoms with Gasteiger partial charge in [-0.2, -0.15) is 4.31 Å². The van der Waals surface area contributed by atoms with Gasteiger partial charge in [-0.25, -0.2) is 22.6 Å². The van der Waals surface area contributed by atoms with Gasteiger partial charge in [0.1, 0.15) is 16.4 Å². The number of benzene rings is 1. The van der Waals surface area contributed by atoms with Crippen LogP contribution >= 0.6 is 0 Å². The zero-order valence-electron chi connectivity index (χ0n) is 17.3. The number of hydrogen-bond donors (Lipinski definition) is 1. The fourth-order valence-corrected chi connectivity index (χ4v) is 5.25. The Morgan fingerprint density at radius 3 is 2.47 bits per heavy atom. The van der Waals surface area contributed by atoms with E-state index in [1.54, 1.807) is 0 Å². The molecule has 12 heteroatoms.